The zero-order chi connectivity index (χ0) is 13.3. The molecule has 1 atom stereocenters. The molecule has 1 heterocycles. The van der Waals surface area contributed by atoms with Gasteiger partial charge in [-0.2, -0.15) is 0 Å². The van der Waals surface area contributed by atoms with E-state index in [0.29, 0.717) is 12.5 Å². The van der Waals surface area contributed by atoms with Crippen molar-refractivity contribution in [3.05, 3.63) is 16.1 Å². The van der Waals surface area contributed by atoms with E-state index < -0.39 is 6.04 Å². The molecular formula is C13H23Cl2N3OS. The number of halogens is 2. The minimum absolute atomic E-state index is 0. The van der Waals surface area contributed by atoms with Gasteiger partial charge in [0.25, 0.3) is 0 Å². The van der Waals surface area contributed by atoms with Crippen molar-refractivity contribution in [2.45, 2.75) is 52.1 Å². The molecule has 1 aliphatic carbocycles. The first-order valence-corrected chi connectivity index (χ1v) is 7.23. The number of nitrogens with one attached hydrogen (secondary N) is 1. The molecule has 1 aliphatic rings. The van der Waals surface area contributed by atoms with Crippen LogP contribution in [0.15, 0.2) is 5.38 Å². The zero-order valence-electron chi connectivity index (χ0n) is 12.0. The van der Waals surface area contributed by atoms with Gasteiger partial charge in [-0.1, -0.05) is 20.8 Å². The van der Waals surface area contributed by atoms with Crippen LogP contribution in [-0.4, -0.2) is 16.9 Å². The largest absolute Gasteiger partial charge is 0.348 e. The van der Waals surface area contributed by atoms with Gasteiger partial charge in [0.05, 0.1) is 18.3 Å². The fourth-order valence-corrected chi connectivity index (χ4v) is 2.45. The maximum atomic E-state index is 11.9. The topological polar surface area (TPSA) is 68.0 Å². The van der Waals surface area contributed by atoms with Crippen molar-refractivity contribution in [3.63, 3.8) is 0 Å². The third-order valence-electron chi connectivity index (χ3n) is 3.19. The van der Waals surface area contributed by atoms with E-state index in [1.54, 1.807) is 11.3 Å². The average Bonchev–Trinajstić information content (AvgIpc) is 3.04. The SMILES string of the molecule is CC(C)(C)[C@H](N)C(=O)NCc1nc(C2CC2)cs1.Cl.Cl. The number of hydrogen-bond donors (Lipinski definition) is 2. The number of nitrogens with zero attached hydrogens (tertiary/aromatic N) is 1. The Bertz CT molecular complexity index is 441. The summed E-state index contributed by atoms with van der Waals surface area (Å²) >= 11 is 1.61. The molecule has 20 heavy (non-hydrogen) atoms. The molecule has 1 fully saturated rings. The van der Waals surface area contributed by atoms with E-state index in [-0.39, 0.29) is 36.1 Å². The van der Waals surface area contributed by atoms with Gasteiger partial charge in [-0.3, -0.25) is 4.79 Å². The van der Waals surface area contributed by atoms with Crippen LogP contribution in [0, 0.1) is 5.41 Å². The Hall–Kier alpha value is -0.360. The summed E-state index contributed by atoms with van der Waals surface area (Å²) < 4.78 is 0. The first-order chi connectivity index (χ1) is 8.38. The Labute approximate surface area is 136 Å². The summed E-state index contributed by atoms with van der Waals surface area (Å²) in [5.41, 5.74) is 6.86. The van der Waals surface area contributed by atoms with Crippen molar-refractivity contribution in [2.24, 2.45) is 11.1 Å². The molecular weight excluding hydrogens is 317 g/mol. The van der Waals surface area contributed by atoms with Crippen LogP contribution in [0.1, 0.15) is 50.2 Å². The molecule has 1 saturated carbocycles. The molecule has 4 nitrogen and oxygen atoms in total. The first-order valence-electron chi connectivity index (χ1n) is 6.35. The molecule has 2 rings (SSSR count). The minimum atomic E-state index is -0.486. The number of hydrogen-bond acceptors (Lipinski definition) is 4. The van der Waals surface area contributed by atoms with Gasteiger partial charge in [0.1, 0.15) is 5.01 Å². The molecule has 1 aromatic rings. The third kappa shape index (κ3) is 5.20. The second-order valence-electron chi connectivity index (χ2n) is 6.00. The van der Waals surface area contributed by atoms with Gasteiger partial charge >= 0.3 is 0 Å². The van der Waals surface area contributed by atoms with E-state index in [1.807, 2.05) is 20.8 Å². The van der Waals surface area contributed by atoms with Crippen LogP contribution in [0.3, 0.4) is 0 Å². The van der Waals surface area contributed by atoms with Crippen LogP contribution in [0.2, 0.25) is 0 Å². The molecule has 0 bridgehead atoms. The van der Waals surface area contributed by atoms with Crippen molar-refractivity contribution >= 4 is 42.1 Å². The molecule has 0 aromatic carbocycles. The van der Waals surface area contributed by atoms with Crippen LogP contribution >= 0.6 is 36.2 Å². The van der Waals surface area contributed by atoms with Crippen molar-refractivity contribution < 1.29 is 4.79 Å². The lowest BCUT2D eigenvalue weighted by atomic mass is 9.87. The monoisotopic (exact) mass is 339 g/mol. The van der Waals surface area contributed by atoms with Crippen molar-refractivity contribution in [3.8, 4) is 0 Å². The van der Waals surface area contributed by atoms with E-state index in [9.17, 15) is 4.79 Å². The highest BCUT2D eigenvalue weighted by molar-refractivity contribution is 7.09. The van der Waals surface area contributed by atoms with Gasteiger partial charge in [0.15, 0.2) is 0 Å². The number of nitrogens with two attached hydrogens (primary N) is 1. The summed E-state index contributed by atoms with van der Waals surface area (Å²) in [6.07, 6.45) is 2.51. The van der Waals surface area contributed by atoms with Crippen LogP contribution in [0.5, 0.6) is 0 Å². The fourth-order valence-electron chi connectivity index (χ4n) is 1.64. The second kappa shape index (κ2) is 7.59. The highest BCUT2D eigenvalue weighted by Crippen LogP contribution is 2.40. The smallest absolute Gasteiger partial charge is 0.237 e. The Morgan fingerprint density at radius 1 is 1.50 bits per heavy atom. The van der Waals surface area contributed by atoms with Crippen LogP contribution in [0.4, 0.5) is 0 Å². The first kappa shape index (κ1) is 19.6. The Kier molecular flexibility index (Phi) is 7.46. The molecule has 0 saturated heterocycles. The van der Waals surface area contributed by atoms with E-state index >= 15 is 0 Å². The highest BCUT2D eigenvalue weighted by Gasteiger charge is 2.28. The molecule has 0 unspecified atom stereocenters. The standard InChI is InChI=1S/C13H21N3OS.2ClH/c1-13(2,3)11(14)12(17)15-6-10-16-9(7-18-10)8-4-5-8;;/h7-8,11H,4-6,14H2,1-3H3,(H,15,17);2*1H/t11-;;/m1../s1. The molecule has 0 aliphatic heterocycles. The fraction of sp³-hybridized carbons (Fsp3) is 0.692. The summed E-state index contributed by atoms with van der Waals surface area (Å²) in [5, 5.41) is 5.93. The minimum Gasteiger partial charge on any atom is -0.348 e. The molecule has 1 aromatic heterocycles. The van der Waals surface area contributed by atoms with E-state index in [0.717, 1.165) is 5.01 Å². The number of rotatable bonds is 4. The second-order valence-corrected chi connectivity index (χ2v) is 6.94. The summed E-state index contributed by atoms with van der Waals surface area (Å²) in [7, 11) is 0. The van der Waals surface area contributed by atoms with E-state index in [2.05, 4.69) is 15.7 Å². The number of thiazole rings is 1. The lowest BCUT2D eigenvalue weighted by molar-refractivity contribution is -0.124. The van der Waals surface area contributed by atoms with Crippen molar-refractivity contribution in [2.75, 3.05) is 0 Å². The average molecular weight is 340 g/mol. The quantitative estimate of drug-likeness (QED) is 0.886. The highest BCUT2D eigenvalue weighted by atomic mass is 35.5. The van der Waals surface area contributed by atoms with Gasteiger partial charge in [-0.05, 0) is 18.3 Å². The molecule has 0 spiro atoms. The van der Waals surface area contributed by atoms with Crippen molar-refractivity contribution in [1.82, 2.24) is 10.3 Å². The Balaban J connectivity index is 0.00000180. The molecule has 116 valence electrons. The van der Waals surface area contributed by atoms with Crippen LogP contribution in [-0.2, 0) is 11.3 Å². The van der Waals surface area contributed by atoms with Crippen LogP contribution < -0.4 is 11.1 Å². The maximum absolute atomic E-state index is 11.9. The molecule has 1 amide bonds. The van der Waals surface area contributed by atoms with Gasteiger partial charge in [0, 0.05) is 11.3 Å². The summed E-state index contributed by atoms with van der Waals surface area (Å²) in [6, 6.07) is -0.486. The van der Waals surface area contributed by atoms with Crippen molar-refractivity contribution in [1.29, 1.82) is 0 Å². The maximum Gasteiger partial charge on any atom is 0.237 e. The predicted octanol–water partition coefficient (Wildman–Crippen LogP) is 2.85. The predicted molar refractivity (Wildman–Crippen MR) is 87.9 cm³/mol. The molecule has 0 radical (unpaired) electrons. The Morgan fingerprint density at radius 3 is 2.60 bits per heavy atom. The third-order valence-corrected chi connectivity index (χ3v) is 4.06. The number of aromatic nitrogens is 1. The van der Waals surface area contributed by atoms with Crippen LogP contribution in [0.25, 0.3) is 0 Å². The van der Waals surface area contributed by atoms with E-state index in [1.165, 1.54) is 18.5 Å². The summed E-state index contributed by atoms with van der Waals surface area (Å²) in [4.78, 5) is 16.4. The zero-order valence-corrected chi connectivity index (χ0v) is 14.5. The summed E-state index contributed by atoms with van der Waals surface area (Å²) in [5.74, 6) is 0.563. The summed E-state index contributed by atoms with van der Waals surface area (Å²) in [6.45, 7) is 6.38. The van der Waals surface area contributed by atoms with Gasteiger partial charge in [-0.25, -0.2) is 4.98 Å². The molecule has 3 N–H and O–H groups in total. The van der Waals surface area contributed by atoms with Gasteiger partial charge in [-0.15, -0.1) is 36.2 Å². The van der Waals surface area contributed by atoms with Gasteiger partial charge in [0.2, 0.25) is 5.91 Å². The number of amides is 1. The number of carbonyl (C=O) groups is 1. The van der Waals surface area contributed by atoms with Gasteiger partial charge < -0.3 is 11.1 Å². The molecule has 7 heteroatoms. The lowest BCUT2D eigenvalue weighted by Gasteiger charge is -2.25. The Morgan fingerprint density at radius 2 is 2.10 bits per heavy atom. The lowest BCUT2D eigenvalue weighted by Crippen LogP contribution is -2.48. The normalized spacial score (nSPS) is 15.8. The number of carbonyl (C=O) groups excluding carboxylic acids is 1. The van der Waals surface area contributed by atoms with E-state index in [4.69, 9.17) is 5.73 Å².